The van der Waals surface area contributed by atoms with Gasteiger partial charge in [-0.15, -0.1) is 0 Å². The Morgan fingerprint density at radius 3 is 2.88 bits per heavy atom. The van der Waals surface area contributed by atoms with Gasteiger partial charge in [-0.3, -0.25) is 14.8 Å². The SMILES string of the molecule is CN(C)Cc1cncc(C2CCCN2C(=O)CCc2ccccc2F)n1. The van der Waals surface area contributed by atoms with Crippen LogP contribution in [0.5, 0.6) is 0 Å². The predicted molar refractivity (Wildman–Crippen MR) is 97.8 cm³/mol. The van der Waals surface area contributed by atoms with Gasteiger partial charge in [-0.2, -0.15) is 0 Å². The number of halogens is 1. The number of aromatic nitrogens is 2. The minimum absolute atomic E-state index is 0.0299. The third-order valence-corrected chi connectivity index (χ3v) is 4.66. The monoisotopic (exact) mass is 356 g/mol. The van der Waals surface area contributed by atoms with Gasteiger partial charge in [0.05, 0.1) is 23.6 Å². The highest BCUT2D eigenvalue weighted by molar-refractivity contribution is 5.77. The smallest absolute Gasteiger partial charge is 0.223 e. The molecule has 1 aromatic carbocycles. The fourth-order valence-electron chi connectivity index (χ4n) is 3.44. The van der Waals surface area contributed by atoms with Gasteiger partial charge in [-0.05, 0) is 45.0 Å². The van der Waals surface area contributed by atoms with Gasteiger partial charge in [0.15, 0.2) is 0 Å². The number of hydrogen-bond acceptors (Lipinski definition) is 4. The van der Waals surface area contributed by atoms with Crippen LogP contribution >= 0.6 is 0 Å². The molecule has 0 bridgehead atoms. The van der Waals surface area contributed by atoms with Gasteiger partial charge in [0.25, 0.3) is 0 Å². The third kappa shape index (κ3) is 4.43. The lowest BCUT2D eigenvalue weighted by Gasteiger charge is -2.24. The van der Waals surface area contributed by atoms with Crippen LogP contribution in [-0.2, 0) is 17.8 Å². The second-order valence-corrected chi connectivity index (χ2v) is 7.01. The van der Waals surface area contributed by atoms with Gasteiger partial charge >= 0.3 is 0 Å². The molecule has 1 fully saturated rings. The van der Waals surface area contributed by atoms with Crippen molar-refractivity contribution in [1.82, 2.24) is 19.8 Å². The van der Waals surface area contributed by atoms with E-state index in [4.69, 9.17) is 4.98 Å². The Morgan fingerprint density at radius 2 is 2.12 bits per heavy atom. The number of amides is 1. The molecule has 0 radical (unpaired) electrons. The summed E-state index contributed by atoms with van der Waals surface area (Å²) in [6.45, 7) is 1.44. The summed E-state index contributed by atoms with van der Waals surface area (Å²) < 4.78 is 13.8. The molecule has 1 unspecified atom stereocenters. The van der Waals surface area contributed by atoms with E-state index in [0.29, 0.717) is 18.4 Å². The number of likely N-dealkylation sites (tertiary alicyclic amines) is 1. The van der Waals surface area contributed by atoms with E-state index < -0.39 is 0 Å². The van der Waals surface area contributed by atoms with Crippen LogP contribution in [0.15, 0.2) is 36.7 Å². The molecule has 1 aliphatic heterocycles. The molecule has 6 heteroatoms. The average molecular weight is 356 g/mol. The summed E-state index contributed by atoms with van der Waals surface area (Å²) in [7, 11) is 3.98. The first kappa shape index (κ1) is 18.5. The molecule has 26 heavy (non-hydrogen) atoms. The topological polar surface area (TPSA) is 49.3 Å². The van der Waals surface area contributed by atoms with Crippen molar-refractivity contribution >= 4 is 5.91 Å². The Hall–Kier alpha value is -2.34. The van der Waals surface area contributed by atoms with Gasteiger partial charge in [0.1, 0.15) is 5.82 Å². The summed E-state index contributed by atoms with van der Waals surface area (Å²) >= 11 is 0. The van der Waals surface area contributed by atoms with Crippen LogP contribution in [-0.4, -0.2) is 46.3 Å². The van der Waals surface area contributed by atoms with Crippen LogP contribution in [0.4, 0.5) is 4.39 Å². The Labute approximate surface area is 153 Å². The van der Waals surface area contributed by atoms with Crippen molar-refractivity contribution in [2.75, 3.05) is 20.6 Å². The molecule has 2 heterocycles. The Kier molecular flexibility index (Phi) is 5.93. The van der Waals surface area contributed by atoms with E-state index in [1.165, 1.54) is 6.07 Å². The first-order valence-corrected chi connectivity index (χ1v) is 9.03. The zero-order valence-corrected chi connectivity index (χ0v) is 15.4. The molecule has 2 aromatic rings. The molecule has 1 aromatic heterocycles. The van der Waals surface area contributed by atoms with Crippen LogP contribution in [0.25, 0.3) is 0 Å². The molecule has 1 atom stereocenters. The molecular weight excluding hydrogens is 331 g/mol. The maximum Gasteiger partial charge on any atom is 0.223 e. The summed E-state index contributed by atoms with van der Waals surface area (Å²) in [5.41, 5.74) is 2.34. The van der Waals surface area contributed by atoms with Crippen molar-refractivity contribution in [2.24, 2.45) is 0 Å². The van der Waals surface area contributed by atoms with Gasteiger partial charge < -0.3 is 9.80 Å². The van der Waals surface area contributed by atoms with Crippen LogP contribution in [0.1, 0.15) is 42.3 Å². The van der Waals surface area contributed by atoms with E-state index in [-0.39, 0.29) is 17.8 Å². The lowest BCUT2D eigenvalue weighted by molar-refractivity contribution is -0.132. The molecule has 1 saturated heterocycles. The third-order valence-electron chi connectivity index (χ3n) is 4.66. The molecule has 0 N–H and O–H groups in total. The second kappa shape index (κ2) is 8.36. The van der Waals surface area contributed by atoms with E-state index >= 15 is 0 Å². The first-order chi connectivity index (χ1) is 12.5. The van der Waals surface area contributed by atoms with Crippen molar-refractivity contribution in [3.05, 3.63) is 59.4 Å². The normalized spacial score (nSPS) is 17.1. The standard InChI is InChI=1S/C20H25FN4O/c1-24(2)14-16-12-22-13-18(23-16)19-8-5-11-25(19)20(26)10-9-15-6-3-4-7-17(15)21/h3-4,6-7,12-13,19H,5,8-11,14H2,1-2H3. The van der Waals surface area contributed by atoms with Gasteiger partial charge in [-0.1, -0.05) is 18.2 Å². The highest BCUT2D eigenvalue weighted by Crippen LogP contribution is 2.31. The molecular formula is C20H25FN4O. The van der Waals surface area contributed by atoms with E-state index in [9.17, 15) is 9.18 Å². The summed E-state index contributed by atoms with van der Waals surface area (Å²) in [5.74, 6) is -0.198. The Bertz CT molecular complexity index is 765. The van der Waals surface area contributed by atoms with Gasteiger partial charge in [-0.25, -0.2) is 4.39 Å². The number of aryl methyl sites for hydroxylation is 1. The Balaban J connectivity index is 1.68. The van der Waals surface area contributed by atoms with E-state index in [2.05, 4.69) is 4.98 Å². The maximum absolute atomic E-state index is 13.8. The highest BCUT2D eigenvalue weighted by Gasteiger charge is 2.31. The number of benzene rings is 1. The first-order valence-electron chi connectivity index (χ1n) is 9.03. The molecule has 5 nitrogen and oxygen atoms in total. The minimum atomic E-state index is -0.250. The lowest BCUT2D eigenvalue weighted by atomic mass is 10.1. The van der Waals surface area contributed by atoms with Crippen LogP contribution < -0.4 is 0 Å². The van der Waals surface area contributed by atoms with E-state index in [1.807, 2.05) is 23.9 Å². The predicted octanol–water partition coefficient (Wildman–Crippen LogP) is 2.97. The number of hydrogen-bond donors (Lipinski definition) is 0. The van der Waals surface area contributed by atoms with Gasteiger partial charge in [0.2, 0.25) is 5.91 Å². The molecule has 1 amide bonds. The van der Waals surface area contributed by atoms with Crippen molar-refractivity contribution in [1.29, 1.82) is 0 Å². The molecule has 1 aliphatic rings. The van der Waals surface area contributed by atoms with Crippen LogP contribution in [0, 0.1) is 5.82 Å². The molecule has 0 aliphatic carbocycles. The van der Waals surface area contributed by atoms with Crippen molar-refractivity contribution in [3.8, 4) is 0 Å². The fourth-order valence-corrected chi connectivity index (χ4v) is 3.44. The summed E-state index contributed by atoms with van der Waals surface area (Å²) in [6, 6.07) is 6.60. The van der Waals surface area contributed by atoms with Crippen molar-refractivity contribution in [3.63, 3.8) is 0 Å². The van der Waals surface area contributed by atoms with Gasteiger partial charge in [0, 0.05) is 25.7 Å². The van der Waals surface area contributed by atoms with E-state index in [1.54, 1.807) is 30.6 Å². The minimum Gasteiger partial charge on any atom is -0.334 e. The number of rotatable bonds is 6. The van der Waals surface area contributed by atoms with Crippen molar-refractivity contribution in [2.45, 2.75) is 38.3 Å². The van der Waals surface area contributed by atoms with Crippen LogP contribution in [0.3, 0.4) is 0 Å². The second-order valence-electron chi connectivity index (χ2n) is 7.01. The highest BCUT2D eigenvalue weighted by atomic mass is 19.1. The number of carbonyl (C=O) groups excluding carboxylic acids is 1. The largest absolute Gasteiger partial charge is 0.334 e. The number of nitrogens with zero attached hydrogens (tertiary/aromatic N) is 4. The quantitative estimate of drug-likeness (QED) is 0.798. The summed E-state index contributed by atoms with van der Waals surface area (Å²) in [5, 5.41) is 0. The fraction of sp³-hybridized carbons (Fsp3) is 0.450. The summed E-state index contributed by atoms with van der Waals surface area (Å²) in [6.07, 6.45) is 6.10. The maximum atomic E-state index is 13.8. The molecule has 0 spiro atoms. The Morgan fingerprint density at radius 1 is 1.31 bits per heavy atom. The number of carbonyl (C=O) groups is 1. The summed E-state index contributed by atoms with van der Waals surface area (Å²) in [4.78, 5) is 25.7. The molecule has 3 rings (SSSR count). The molecule has 138 valence electrons. The average Bonchev–Trinajstić information content (AvgIpc) is 3.10. The molecule has 0 saturated carbocycles. The zero-order chi connectivity index (χ0) is 18.5. The van der Waals surface area contributed by atoms with Crippen molar-refractivity contribution < 1.29 is 9.18 Å². The lowest BCUT2D eigenvalue weighted by Crippen LogP contribution is -2.31. The zero-order valence-electron chi connectivity index (χ0n) is 15.4. The van der Waals surface area contributed by atoms with Crippen LogP contribution in [0.2, 0.25) is 0 Å². The van der Waals surface area contributed by atoms with E-state index in [0.717, 1.165) is 37.3 Å².